The molecule has 0 saturated heterocycles. The summed E-state index contributed by atoms with van der Waals surface area (Å²) in [6.07, 6.45) is -1.36. The van der Waals surface area contributed by atoms with Gasteiger partial charge >= 0.3 is 0 Å². The van der Waals surface area contributed by atoms with Gasteiger partial charge in [0, 0.05) is 11.9 Å². The summed E-state index contributed by atoms with van der Waals surface area (Å²) in [7, 11) is 1.40. The van der Waals surface area contributed by atoms with Crippen molar-refractivity contribution in [2.45, 2.75) is 19.9 Å². The fourth-order valence-electron chi connectivity index (χ4n) is 2.95. The molecule has 1 N–H and O–H groups in total. The summed E-state index contributed by atoms with van der Waals surface area (Å²) in [6, 6.07) is 4.66. The van der Waals surface area contributed by atoms with Crippen LogP contribution in [0, 0.1) is 12.7 Å². The summed E-state index contributed by atoms with van der Waals surface area (Å²) in [6.45, 7) is 1.90. The van der Waals surface area contributed by atoms with Gasteiger partial charge in [-0.15, -0.1) is 21.5 Å². The van der Waals surface area contributed by atoms with Gasteiger partial charge in [0.1, 0.15) is 22.7 Å². The molecule has 1 aromatic carbocycles. The second kappa shape index (κ2) is 7.19. The lowest BCUT2D eigenvalue weighted by molar-refractivity contribution is 0.144. The molecule has 144 valence electrons. The molecule has 0 atom stereocenters. The Kier molecular flexibility index (Phi) is 4.71. The minimum atomic E-state index is -2.71. The van der Waals surface area contributed by atoms with Gasteiger partial charge in [-0.2, -0.15) is 0 Å². The highest BCUT2D eigenvalue weighted by molar-refractivity contribution is 7.25. The highest BCUT2D eigenvalue weighted by Gasteiger charge is 2.21. The van der Waals surface area contributed by atoms with Gasteiger partial charge in [-0.25, -0.2) is 23.1 Å². The molecule has 10 heteroatoms. The molecule has 4 rings (SSSR count). The van der Waals surface area contributed by atoms with Crippen LogP contribution in [0.5, 0.6) is 5.75 Å². The molecular formula is C18H14F3N5OS. The zero-order valence-electron chi connectivity index (χ0n) is 14.8. The zero-order valence-corrected chi connectivity index (χ0v) is 15.6. The first kappa shape index (κ1) is 18.4. The van der Waals surface area contributed by atoms with Crippen molar-refractivity contribution >= 4 is 37.6 Å². The topological polar surface area (TPSA) is 72.8 Å². The Bertz CT molecular complexity index is 1180. The Hall–Kier alpha value is -3.01. The third-order valence-corrected chi connectivity index (χ3v) is 5.41. The molecule has 0 saturated carbocycles. The Labute approximate surface area is 161 Å². The number of anilines is 1. The molecular weight excluding hydrogens is 391 g/mol. The fraction of sp³-hybridized carbons (Fsp3) is 0.222. The molecule has 0 spiro atoms. The minimum absolute atomic E-state index is 0.168. The van der Waals surface area contributed by atoms with Crippen LogP contribution in [-0.4, -0.2) is 27.3 Å². The third kappa shape index (κ3) is 3.09. The lowest BCUT2D eigenvalue weighted by Crippen LogP contribution is -2.02. The van der Waals surface area contributed by atoms with Crippen LogP contribution in [0.1, 0.15) is 23.2 Å². The van der Waals surface area contributed by atoms with Crippen LogP contribution in [0.4, 0.5) is 19.0 Å². The molecule has 3 aromatic heterocycles. The van der Waals surface area contributed by atoms with E-state index >= 15 is 0 Å². The fourth-order valence-corrected chi connectivity index (χ4v) is 4.05. The molecule has 0 aliphatic heterocycles. The summed E-state index contributed by atoms with van der Waals surface area (Å²) < 4.78 is 45.8. The van der Waals surface area contributed by atoms with Crippen molar-refractivity contribution in [1.82, 2.24) is 20.2 Å². The number of thiophene rings is 1. The third-order valence-electron chi connectivity index (χ3n) is 4.34. The van der Waals surface area contributed by atoms with E-state index in [1.54, 1.807) is 19.1 Å². The van der Waals surface area contributed by atoms with E-state index in [1.807, 2.05) is 0 Å². The van der Waals surface area contributed by atoms with Gasteiger partial charge in [0.25, 0.3) is 6.43 Å². The van der Waals surface area contributed by atoms with Crippen molar-refractivity contribution in [3.8, 4) is 5.75 Å². The highest BCUT2D eigenvalue weighted by atomic mass is 32.1. The smallest absolute Gasteiger partial charge is 0.282 e. The number of nitrogens with one attached hydrogen (secondary N) is 1. The number of aryl methyl sites for hydroxylation is 1. The molecule has 0 aliphatic carbocycles. The summed E-state index contributed by atoms with van der Waals surface area (Å²) in [4.78, 5) is 9.00. The Morgan fingerprint density at radius 1 is 1.21 bits per heavy atom. The number of halogens is 3. The highest BCUT2D eigenvalue weighted by Crippen LogP contribution is 2.38. The number of nitrogens with zero attached hydrogens (tertiary/aromatic N) is 4. The number of methoxy groups -OCH3 is 1. The van der Waals surface area contributed by atoms with Gasteiger partial charge in [-0.1, -0.05) is 6.07 Å². The number of rotatable bonds is 5. The number of hydrogen-bond acceptors (Lipinski definition) is 7. The monoisotopic (exact) mass is 405 g/mol. The van der Waals surface area contributed by atoms with E-state index in [2.05, 4.69) is 25.5 Å². The van der Waals surface area contributed by atoms with Crippen LogP contribution >= 0.6 is 11.3 Å². The van der Waals surface area contributed by atoms with E-state index in [1.165, 1.54) is 30.8 Å². The van der Waals surface area contributed by atoms with Crippen LogP contribution < -0.4 is 10.1 Å². The van der Waals surface area contributed by atoms with E-state index in [9.17, 15) is 13.2 Å². The van der Waals surface area contributed by atoms with E-state index in [0.29, 0.717) is 43.9 Å². The number of hydrogen-bond donors (Lipinski definition) is 1. The van der Waals surface area contributed by atoms with E-state index in [-0.39, 0.29) is 11.4 Å². The molecule has 0 unspecified atom stereocenters. The standard InChI is InChI=1S/C18H14F3N5OS/c1-8-12-14-15(28-18(12)26-25-13(8)16(20)21)17(24-7-23-14)22-6-9-3-4-11(27-2)10(19)5-9/h3-5,7,16H,6H2,1-2H3,(H,22,23,24). The van der Waals surface area contributed by atoms with E-state index in [0.717, 1.165) is 0 Å². The van der Waals surface area contributed by atoms with Crippen molar-refractivity contribution in [3.63, 3.8) is 0 Å². The van der Waals surface area contributed by atoms with Gasteiger partial charge in [0.15, 0.2) is 11.6 Å². The Morgan fingerprint density at radius 3 is 2.75 bits per heavy atom. The molecule has 4 aromatic rings. The first-order valence-electron chi connectivity index (χ1n) is 8.24. The van der Waals surface area contributed by atoms with Crippen LogP contribution in [0.25, 0.3) is 20.4 Å². The van der Waals surface area contributed by atoms with Gasteiger partial charge in [0.2, 0.25) is 0 Å². The summed E-state index contributed by atoms with van der Waals surface area (Å²) >= 11 is 1.27. The number of aromatic nitrogens is 4. The van der Waals surface area contributed by atoms with Crippen molar-refractivity contribution in [2.75, 3.05) is 12.4 Å². The van der Waals surface area contributed by atoms with E-state index < -0.39 is 12.2 Å². The molecule has 0 radical (unpaired) electrons. The van der Waals surface area contributed by atoms with Gasteiger partial charge in [0.05, 0.1) is 17.3 Å². The largest absolute Gasteiger partial charge is 0.494 e. The predicted octanol–water partition coefficient (Wildman–Crippen LogP) is 4.64. The number of ether oxygens (including phenoxy) is 1. The van der Waals surface area contributed by atoms with Crippen LogP contribution in [0.2, 0.25) is 0 Å². The lowest BCUT2D eigenvalue weighted by Gasteiger charge is -2.08. The maximum Gasteiger partial charge on any atom is 0.282 e. The number of benzene rings is 1. The maximum atomic E-state index is 13.9. The molecule has 3 heterocycles. The minimum Gasteiger partial charge on any atom is -0.494 e. The number of alkyl halides is 2. The average Bonchev–Trinajstić information content (AvgIpc) is 3.06. The molecule has 0 aliphatic rings. The summed E-state index contributed by atoms with van der Waals surface area (Å²) in [5, 5.41) is 11.2. The van der Waals surface area contributed by atoms with Gasteiger partial charge in [-0.05, 0) is 30.2 Å². The second-order valence-electron chi connectivity index (χ2n) is 6.02. The first-order valence-corrected chi connectivity index (χ1v) is 9.06. The molecule has 0 bridgehead atoms. The lowest BCUT2D eigenvalue weighted by atomic mass is 10.1. The molecule has 28 heavy (non-hydrogen) atoms. The average molecular weight is 405 g/mol. The summed E-state index contributed by atoms with van der Waals surface area (Å²) in [5.74, 6) is 0.228. The molecule has 0 fully saturated rings. The number of fused-ring (bicyclic) bond motifs is 3. The Balaban J connectivity index is 1.72. The van der Waals surface area contributed by atoms with Crippen molar-refractivity contribution in [2.24, 2.45) is 0 Å². The zero-order chi connectivity index (χ0) is 19.8. The van der Waals surface area contributed by atoms with E-state index in [4.69, 9.17) is 4.74 Å². The maximum absolute atomic E-state index is 13.9. The van der Waals surface area contributed by atoms with Crippen LogP contribution in [-0.2, 0) is 6.54 Å². The van der Waals surface area contributed by atoms with Gasteiger partial charge < -0.3 is 10.1 Å². The van der Waals surface area contributed by atoms with Crippen LogP contribution in [0.3, 0.4) is 0 Å². The summed E-state index contributed by atoms with van der Waals surface area (Å²) in [5.41, 5.74) is 1.23. The van der Waals surface area contributed by atoms with Crippen molar-refractivity contribution in [1.29, 1.82) is 0 Å². The normalized spacial score (nSPS) is 11.5. The van der Waals surface area contributed by atoms with Crippen LogP contribution in [0.15, 0.2) is 24.5 Å². The molecule has 6 nitrogen and oxygen atoms in total. The Morgan fingerprint density at radius 2 is 2.04 bits per heavy atom. The van der Waals surface area contributed by atoms with Crippen molar-refractivity contribution in [3.05, 3.63) is 47.2 Å². The van der Waals surface area contributed by atoms with Gasteiger partial charge in [-0.3, -0.25) is 0 Å². The second-order valence-corrected chi connectivity index (χ2v) is 7.01. The first-order chi connectivity index (χ1) is 13.5. The predicted molar refractivity (Wildman–Crippen MR) is 100 cm³/mol. The molecule has 0 amide bonds. The van der Waals surface area contributed by atoms with Crippen molar-refractivity contribution < 1.29 is 17.9 Å². The quantitative estimate of drug-likeness (QED) is 0.522. The SMILES string of the molecule is COc1ccc(CNc2ncnc3c2sc2nnc(C(F)F)c(C)c23)cc1F.